The van der Waals surface area contributed by atoms with E-state index in [1.807, 2.05) is 24.3 Å². The number of nitrogens with one attached hydrogen (secondary N) is 1. The van der Waals surface area contributed by atoms with E-state index in [0.717, 1.165) is 22.2 Å². The number of primary amides is 1. The maximum atomic E-state index is 11.7. The van der Waals surface area contributed by atoms with Crippen molar-refractivity contribution < 1.29 is 4.79 Å². The number of carbonyl (C=O) groups is 1. The Labute approximate surface area is 113 Å². The highest BCUT2D eigenvalue weighted by atomic mass is 16.1. The van der Waals surface area contributed by atoms with Crippen molar-refractivity contribution in [3.63, 3.8) is 0 Å². The molecule has 0 spiro atoms. The Hall–Kier alpha value is -3.02. The molecule has 0 saturated heterocycles. The van der Waals surface area contributed by atoms with Gasteiger partial charge in [-0.15, -0.1) is 10.2 Å². The normalized spacial score (nSPS) is 12.2. The molecule has 6 nitrogen and oxygen atoms in total. The van der Waals surface area contributed by atoms with Crippen LogP contribution in [0, 0.1) is 0 Å². The Bertz CT molecular complexity index is 894. The van der Waals surface area contributed by atoms with Crippen molar-refractivity contribution in [2.75, 3.05) is 0 Å². The minimum Gasteiger partial charge on any atom is -0.364 e. The van der Waals surface area contributed by atoms with Gasteiger partial charge in [-0.1, -0.05) is 18.2 Å². The number of aromatic amines is 1. The Morgan fingerprint density at radius 2 is 2.05 bits per heavy atom. The molecule has 4 rings (SSSR count). The molecule has 0 unspecified atom stereocenters. The number of aromatic nitrogens is 3. The summed E-state index contributed by atoms with van der Waals surface area (Å²) >= 11 is 0. The van der Waals surface area contributed by atoms with Crippen LogP contribution in [-0.4, -0.2) is 27.3 Å². The monoisotopic (exact) mass is 263 g/mol. The number of nitrogens with zero attached hydrogens (tertiary/aromatic N) is 3. The summed E-state index contributed by atoms with van der Waals surface area (Å²) in [6, 6.07) is 7.58. The molecule has 0 radical (unpaired) electrons. The minimum absolute atomic E-state index is 0.163. The molecule has 3 aromatic rings. The number of benzene rings is 1. The van der Waals surface area contributed by atoms with E-state index in [2.05, 4.69) is 20.2 Å². The highest BCUT2D eigenvalue weighted by molar-refractivity contribution is 6.14. The van der Waals surface area contributed by atoms with E-state index < -0.39 is 5.91 Å². The molecule has 20 heavy (non-hydrogen) atoms. The number of nitrogens with two attached hydrogens (primary N) is 1. The van der Waals surface area contributed by atoms with E-state index in [4.69, 9.17) is 5.73 Å². The smallest absolute Gasteiger partial charge is 0.269 e. The molecule has 96 valence electrons. The van der Waals surface area contributed by atoms with Gasteiger partial charge in [0.1, 0.15) is 0 Å². The van der Waals surface area contributed by atoms with Gasteiger partial charge in [-0.25, -0.2) is 0 Å². The highest BCUT2D eigenvalue weighted by Crippen LogP contribution is 2.39. The van der Waals surface area contributed by atoms with Crippen molar-refractivity contribution in [2.24, 2.45) is 10.7 Å². The second-order valence-corrected chi connectivity index (χ2v) is 4.53. The maximum absolute atomic E-state index is 11.7. The Morgan fingerprint density at radius 1 is 1.20 bits per heavy atom. The molecule has 1 aliphatic rings. The van der Waals surface area contributed by atoms with Gasteiger partial charge in [0, 0.05) is 34.5 Å². The second-order valence-electron chi connectivity index (χ2n) is 4.53. The number of rotatable bonds is 1. The van der Waals surface area contributed by atoms with Gasteiger partial charge in [-0.3, -0.25) is 9.79 Å². The summed E-state index contributed by atoms with van der Waals surface area (Å²) in [7, 11) is 0. The van der Waals surface area contributed by atoms with Gasteiger partial charge in [0.05, 0.1) is 5.69 Å². The molecule has 1 aromatic carbocycles. The van der Waals surface area contributed by atoms with E-state index in [0.29, 0.717) is 11.2 Å². The fourth-order valence-electron chi connectivity index (χ4n) is 2.51. The number of hydrogen-bond acceptors (Lipinski definition) is 4. The van der Waals surface area contributed by atoms with Gasteiger partial charge in [0.2, 0.25) is 0 Å². The van der Waals surface area contributed by atoms with Gasteiger partial charge in [-0.05, 0) is 6.07 Å². The number of aliphatic imine (C=N–C) groups is 1. The molecule has 6 heteroatoms. The highest BCUT2D eigenvalue weighted by Gasteiger charge is 2.23. The largest absolute Gasteiger partial charge is 0.364 e. The van der Waals surface area contributed by atoms with E-state index in [-0.39, 0.29) is 5.69 Å². The van der Waals surface area contributed by atoms with Gasteiger partial charge < -0.3 is 10.7 Å². The van der Waals surface area contributed by atoms with Crippen molar-refractivity contribution in [2.45, 2.75) is 0 Å². The van der Waals surface area contributed by atoms with Gasteiger partial charge in [0.25, 0.3) is 5.91 Å². The van der Waals surface area contributed by atoms with Crippen LogP contribution in [-0.2, 0) is 0 Å². The minimum atomic E-state index is -0.599. The second kappa shape index (κ2) is 3.74. The first kappa shape index (κ1) is 10.9. The van der Waals surface area contributed by atoms with Crippen LogP contribution in [0.25, 0.3) is 22.2 Å². The molecule has 3 heterocycles. The predicted molar refractivity (Wildman–Crippen MR) is 75.1 cm³/mol. The zero-order valence-electron chi connectivity index (χ0n) is 10.3. The van der Waals surface area contributed by atoms with E-state index in [1.54, 1.807) is 12.4 Å². The summed E-state index contributed by atoms with van der Waals surface area (Å²) in [6.45, 7) is 0. The lowest BCUT2D eigenvalue weighted by atomic mass is 9.98. The SMILES string of the molecule is NC(=O)c1nnc2[nH]cc3c2c1-c1ccccc1N=C3. The molecule has 0 bridgehead atoms. The molecular formula is C14H9N5O. The van der Waals surface area contributed by atoms with Crippen molar-refractivity contribution in [1.29, 1.82) is 0 Å². The number of hydrogen-bond donors (Lipinski definition) is 2. The summed E-state index contributed by atoms with van der Waals surface area (Å²) < 4.78 is 0. The fraction of sp³-hybridized carbons (Fsp3) is 0. The maximum Gasteiger partial charge on any atom is 0.269 e. The Kier molecular flexibility index (Phi) is 2.03. The van der Waals surface area contributed by atoms with Crippen LogP contribution in [0.1, 0.15) is 16.1 Å². The molecular weight excluding hydrogens is 254 g/mol. The lowest BCUT2D eigenvalue weighted by Gasteiger charge is -2.08. The first-order valence-corrected chi connectivity index (χ1v) is 6.07. The van der Waals surface area contributed by atoms with Crippen molar-refractivity contribution in [1.82, 2.24) is 15.2 Å². The molecule has 0 atom stereocenters. The van der Waals surface area contributed by atoms with Crippen LogP contribution in [0.4, 0.5) is 5.69 Å². The predicted octanol–water partition coefficient (Wildman–Crippen LogP) is 1.79. The lowest BCUT2D eigenvalue weighted by molar-refractivity contribution is 0.0995. The quantitative estimate of drug-likeness (QED) is 0.547. The topological polar surface area (TPSA) is 97.0 Å². The zero-order valence-corrected chi connectivity index (χ0v) is 10.3. The van der Waals surface area contributed by atoms with Crippen LogP contribution in [0.3, 0.4) is 0 Å². The molecule has 0 fully saturated rings. The lowest BCUT2D eigenvalue weighted by Crippen LogP contribution is -2.15. The van der Waals surface area contributed by atoms with E-state index >= 15 is 0 Å². The van der Waals surface area contributed by atoms with Crippen molar-refractivity contribution >= 4 is 28.8 Å². The third-order valence-electron chi connectivity index (χ3n) is 3.38. The number of amides is 1. The van der Waals surface area contributed by atoms with Crippen LogP contribution in [0.15, 0.2) is 35.5 Å². The van der Waals surface area contributed by atoms with Gasteiger partial charge in [0.15, 0.2) is 11.3 Å². The first-order chi connectivity index (χ1) is 9.75. The van der Waals surface area contributed by atoms with Crippen LogP contribution in [0.5, 0.6) is 0 Å². The summed E-state index contributed by atoms with van der Waals surface area (Å²) in [5.74, 6) is -0.599. The molecule has 2 aromatic heterocycles. The Balaban J connectivity index is 2.25. The number of carbonyl (C=O) groups excluding carboxylic acids is 1. The molecule has 1 amide bonds. The van der Waals surface area contributed by atoms with Gasteiger partial charge in [-0.2, -0.15) is 0 Å². The molecule has 3 N–H and O–H groups in total. The van der Waals surface area contributed by atoms with Gasteiger partial charge >= 0.3 is 0 Å². The van der Waals surface area contributed by atoms with Crippen LogP contribution >= 0.6 is 0 Å². The van der Waals surface area contributed by atoms with E-state index in [1.165, 1.54) is 0 Å². The first-order valence-electron chi connectivity index (χ1n) is 6.07. The summed E-state index contributed by atoms with van der Waals surface area (Å²) in [5.41, 5.74) is 9.38. The fourth-order valence-corrected chi connectivity index (χ4v) is 2.51. The third kappa shape index (κ3) is 1.33. The van der Waals surface area contributed by atoms with Crippen LogP contribution in [0.2, 0.25) is 0 Å². The number of H-pyrrole nitrogens is 1. The molecule has 0 saturated carbocycles. The van der Waals surface area contributed by atoms with Crippen molar-refractivity contribution in [3.8, 4) is 11.1 Å². The average Bonchev–Trinajstić information content (AvgIpc) is 2.79. The summed E-state index contributed by atoms with van der Waals surface area (Å²) in [4.78, 5) is 19.1. The van der Waals surface area contributed by atoms with Crippen molar-refractivity contribution in [3.05, 3.63) is 41.7 Å². The Morgan fingerprint density at radius 3 is 2.90 bits per heavy atom. The molecule has 1 aliphatic heterocycles. The van der Waals surface area contributed by atoms with Crippen LogP contribution < -0.4 is 5.73 Å². The standard InChI is InChI=1S/C14H9N5O/c15-13(20)12-11-8-3-1-2-4-9(8)16-5-7-6-17-14(10(7)11)19-18-12/h1-6H,(H2,15,20)(H,17,19). The number of fused-ring (bicyclic) bond motifs is 2. The zero-order chi connectivity index (χ0) is 13.7. The third-order valence-corrected chi connectivity index (χ3v) is 3.38. The summed E-state index contributed by atoms with van der Waals surface area (Å²) in [5, 5.41) is 8.79. The molecule has 0 aliphatic carbocycles. The number of para-hydroxylation sites is 1. The summed E-state index contributed by atoms with van der Waals surface area (Å²) in [6.07, 6.45) is 3.55. The average molecular weight is 263 g/mol. The van der Waals surface area contributed by atoms with E-state index in [9.17, 15) is 4.79 Å².